The van der Waals surface area contributed by atoms with Gasteiger partial charge in [0, 0.05) is 16.4 Å². The van der Waals surface area contributed by atoms with Crippen molar-refractivity contribution in [1.82, 2.24) is 0 Å². The third kappa shape index (κ3) is 4.07. The van der Waals surface area contributed by atoms with E-state index < -0.39 is 9.05 Å². The van der Waals surface area contributed by atoms with Crippen LogP contribution in [0.15, 0.2) is 17.0 Å². The summed E-state index contributed by atoms with van der Waals surface area (Å²) in [4.78, 5) is 0.150. The molecule has 18 heavy (non-hydrogen) atoms. The van der Waals surface area contributed by atoms with Gasteiger partial charge in [0.25, 0.3) is 9.05 Å². The number of hydrogen-bond donors (Lipinski definition) is 0. The number of benzene rings is 1. The standard InChI is InChI=1S/C12H17ClO3S2/c1-4-17-8-7-16-11-5-6-12(18(13,14)15)10(3)9(11)2/h5-6H,4,7-8H2,1-3H3. The Morgan fingerprint density at radius 3 is 2.50 bits per heavy atom. The van der Waals surface area contributed by atoms with Crippen LogP contribution in [0.25, 0.3) is 0 Å². The van der Waals surface area contributed by atoms with Crippen LogP contribution in [0.1, 0.15) is 18.1 Å². The van der Waals surface area contributed by atoms with Gasteiger partial charge >= 0.3 is 0 Å². The van der Waals surface area contributed by atoms with E-state index in [1.54, 1.807) is 24.8 Å². The summed E-state index contributed by atoms with van der Waals surface area (Å²) in [5.74, 6) is 2.70. The van der Waals surface area contributed by atoms with Gasteiger partial charge in [0.05, 0.1) is 11.5 Å². The smallest absolute Gasteiger partial charge is 0.261 e. The normalized spacial score (nSPS) is 11.6. The average Bonchev–Trinajstić information content (AvgIpc) is 2.28. The highest BCUT2D eigenvalue weighted by molar-refractivity contribution is 8.13. The highest BCUT2D eigenvalue weighted by Crippen LogP contribution is 2.28. The Labute approximate surface area is 117 Å². The first-order chi connectivity index (χ1) is 8.38. The zero-order valence-electron chi connectivity index (χ0n) is 10.7. The molecule has 0 N–H and O–H groups in total. The van der Waals surface area contributed by atoms with E-state index in [1.165, 1.54) is 6.07 Å². The van der Waals surface area contributed by atoms with Crippen LogP contribution < -0.4 is 4.74 Å². The Bertz CT molecular complexity index is 512. The Hall–Kier alpha value is -0.390. The van der Waals surface area contributed by atoms with Crippen LogP contribution in [0, 0.1) is 13.8 Å². The molecule has 0 unspecified atom stereocenters. The summed E-state index contributed by atoms with van der Waals surface area (Å²) in [5, 5.41) is 0. The molecule has 0 radical (unpaired) electrons. The van der Waals surface area contributed by atoms with Crippen molar-refractivity contribution >= 4 is 31.5 Å². The molecule has 1 rings (SSSR count). The van der Waals surface area contributed by atoms with E-state index in [2.05, 4.69) is 6.92 Å². The molecule has 0 saturated heterocycles. The molecule has 102 valence electrons. The Morgan fingerprint density at radius 2 is 1.94 bits per heavy atom. The van der Waals surface area contributed by atoms with Crippen molar-refractivity contribution in [3.8, 4) is 5.75 Å². The van der Waals surface area contributed by atoms with Crippen LogP contribution in [-0.2, 0) is 9.05 Å². The average molecular weight is 309 g/mol. The molecule has 0 spiro atoms. The van der Waals surface area contributed by atoms with Crippen molar-refractivity contribution < 1.29 is 13.2 Å². The van der Waals surface area contributed by atoms with Gasteiger partial charge in [-0.3, -0.25) is 0 Å². The van der Waals surface area contributed by atoms with Crippen molar-refractivity contribution in [2.24, 2.45) is 0 Å². The summed E-state index contributed by atoms with van der Waals surface area (Å²) in [6.07, 6.45) is 0. The van der Waals surface area contributed by atoms with Crippen LogP contribution in [0.2, 0.25) is 0 Å². The highest BCUT2D eigenvalue weighted by Gasteiger charge is 2.16. The fraction of sp³-hybridized carbons (Fsp3) is 0.500. The third-order valence-electron chi connectivity index (χ3n) is 2.64. The van der Waals surface area contributed by atoms with Crippen molar-refractivity contribution in [3.05, 3.63) is 23.3 Å². The Kier molecular flexibility index (Phi) is 5.82. The van der Waals surface area contributed by atoms with Gasteiger partial charge in [-0.05, 0) is 42.9 Å². The van der Waals surface area contributed by atoms with Crippen LogP contribution in [0.3, 0.4) is 0 Å². The van der Waals surface area contributed by atoms with Gasteiger partial charge in [0.1, 0.15) is 5.75 Å². The minimum atomic E-state index is -3.69. The lowest BCUT2D eigenvalue weighted by Crippen LogP contribution is -2.04. The van der Waals surface area contributed by atoms with Crippen molar-refractivity contribution in [1.29, 1.82) is 0 Å². The first kappa shape index (κ1) is 15.7. The summed E-state index contributed by atoms with van der Waals surface area (Å²) in [5.41, 5.74) is 1.46. The largest absolute Gasteiger partial charge is 0.492 e. The number of hydrogen-bond acceptors (Lipinski definition) is 4. The second-order valence-electron chi connectivity index (χ2n) is 3.80. The minimum Gasteiger partial charge on any atom is -0.492 e. The lowest BCUT2D eigenvalue weighted by atomic mass is 10.1. The summed E-state index contributed by atoms with van der Waals surface area (Å²) in [6.45, 7) is 6.29. The predicted molar refractivity (Wildman–Crippen MR) is 77.4 cm³/mol. The van der Waals surface area contributed by atoms with Gasteiger partial charge in [-0.1, -0.05) is 6.92 Å². The number of halogens is 1. The summed E-state index contributed by atoms with van der Waals surface area (Å²) >= 11 is 1.80. The number of ether oxygens (including phenoxy) is 1. The van der Waals surface area contributed by atoms with E-state index in [0.717, 1.165) is 17.1 Å². The molecule has 0 fully saturated rings. The van der Waals surface area contributed by atoms with Crippen LogP contribution in [0.5, 0.6) is 5.75 Å². The summed E-state index contributed by atoms with van der Waals surface area (Å²) in [7, 11) is 1.67. The van der Waals surface area contributed by atoms with Crippen LogP contribution in [0.4, 0.5) is 0 Å². The molecule has 0 aliphatic rings. The lowest BCUT2D eigenvalue weighted by Gasteiger charge is -2.12. The molecule has 1 aromatic carbocycles. The summed E-state index contributed by atoms with van der Waals surface area (Å²) in [6, 6.07) is 3.15. The third-order valence-corrected chi connectivity index (χ3v) is 4.97. The van der Waals surface area contributed by atoms with E-state index in [1.807, 2.05) is 6.92 Å². The molecule has 1 aromatic rings. The monoisotopic (exact) mass is 308 g/mol. The highest BCUT2D eigenvalue weighted by atomic mass is 35.7. The Balaban J connectivity index is 2.88. The molecule has 0 amide bonds. The van der Waals surface area contributed by atoms with Gasteiger partial charge in [0.2, 0.25) is 0 Å². The molecule has 0 bridgehead atoms. The lowest BCUT2D eigenvalue weighted by molar-refractivity contribution is 0.341. The quantitative estimate of drug-likeness (QED) is 0.597. The number of thioether (sulfide) groups is 1. The minimum absolute atomic E-state index is 0.150. The molecular formula is C12H17ClO3S2. The van der Waals surface area contributed by atoms with Crippen molar-refractivity contribution in [3.63, 3.8) is 0 Å². The van der Waals surface area contributed by atoms with Crippen LogP contribution >= 0.6 is 22.4 Å². The van der Waals surface area contributed by atoms with Gasteiger partial charge < -0.3 is 4.74 Å². The molecule has 0 aliphatic heterocycles. The fourth-order valence-corrected chi connectivity index (χ4v) is 3.29. The molecule has 0 heterocycles. The van der Waals surface area contributed by atoms with E-state index in [4.69, 9.17) is 15.4 Å². The van der Waals surface area contributed by atoms with E-state index >= 15 is 0 Å². The second-order valence-corrected chi connectivity index (χ2v) is 7.72. The van der Waals surface area contributed by atoms with E-state index in [9.17, 15) is 8.42 Å². The zero-order chi connectivity index (χ0) is 13.8. The van der Waals surface area contributed by atoms with Gasteiger partial charge in [-0.2, -0.15) is 11.8 Å². The Morgan fingerprint density at radius 1 is 1.28 bits per heavy atom. The van der Waals surface area contributed by atoms with Gasteiger partial charge in [-0.15, -0.1) is 0 Å². The molecular weight excluding hydrogens is 292 g/mol. The maximum atomic E-state index is 11.3. The molecule has 3 nitrogen and oxygen atoms in total. The van der Waals surface area contributed by atoms with Crippen molar-refractivity contribution in [2.45, 2.75) is 25.7 Å². The van der Waals surface area contributed by atoms with Crippen molar-refractivity contribution in [2.75, 3.05) is 18.1 Å². The molecule has 0 atom stereocenters. The second kappa shape index (κ2) is 6.68. The topological polar surface area (TPSA) is 43.4 Å². The maximum Gasteiger partial charge on any atom is 0.261 e. The van der Waals surface area contributed by atoms with Gasteiger partial charge in [-0.25, -0.2) is 8.42 Å². The number of rotatable bonds is 6. The SMILES string of the molecule is CCSCCOc1ccc(S(=O)(=O)Cl)c(C)c1C. The van der Waals surface area contributed by atoms with E-state index in [0.29, 0.717) is 17.9 Å². The molecule has 0 aromatic heterocycles. The fourth-order valence-electron chi connectivity index (χ4n) is 1.55. The molecule has 0 saturated carbocycles. The molecule has 0 aliphatic carbocycles. The maximum absolute atomic E-state index is 11.3. The molecule has 6 heteroatoms. The van der Waals surface area contributed by atoms with Gasteiger partial charge in [0.15, 0.2) is 0 Å². The summed E-state index contributed by atoms with van der Waals surface area (Å²) < 4.78 is 28.3. The first-order valence-electron chi connectivity index (χ1n) is 5.63. The zero-order valence-corrected chi connectivity index (χ0v) is 13.1. The first-order valence-corrected chi connectivity index (χ1v) is 9.09. The van der Waals surface area contributed by atoms with E-state index in [-0.39, 0.29) is 4.90 Å². The van der Waals surface area contributed by atoms with Crippen LogP contribution in [-0.4, -0.2) is 26.5 Å². The predicted octanol–water partition coefficient (Wildman–Crippen LogP) is 3.36.